The molecule has 0 aliphatic rings. The zero-order valence-electron chi connectivity index (χ0n) is 10.9. The summed E-state index contributed by atoms with van der Waals surface area (Å²) in [6.07, 6.45) is 3.94. The predicted octanol–water partition coefficient (Wildman–Crippen LogP) is 5.32. The third-order valence-electron chi connectivity index (χ3n) is 3.35. The smallest absolute Gasteiger partial charge is 0.0443 e. The van der Waals surface area contributed by atoms with Crippen LogP contribution in [-0.2, 0) is 0 Å². The number of hydrogen-bond acceptors (Lipinski definition) is 1. The molecule has 0 fully saturated rings. The van der Waals surface area contributed by atoms with Crippen LogP contribution in [0.3, 0.4) is 0 Å². The summed E-state index contributed by atoms with van der Waals surface area (Å²) in [6.45, 7) is 0.369. The highest BCUT2D eigenvalue weighted by Crippen LogP contribution is 2.29. The van der Waals surface area contributed by atoms with Crippen molar-refractivity contribution in [1.29, 1.82) is 0 Å². The maximum Gasteiger partial charge on any atom is 0.0443 e. The first-order chi connectivity index (χ1) is 9.90. The van der Waals surface area contributed by atoms with Gasteiger partial charge in [-0.2, -0.15) is 0 Å². The van der Waals surface area contributed by atoms with Crippen molar-refractivity contribution in [3.05, 3.63) is 76.7 Å². The van der Waals surface area contributed by atoms with Gasteiger partial charge in [-0.1, -0.05) is 65.8 Å². The van der Waals surface area contributed by atoms with E-state index in [4.69, 9.17) is 5.53 Å². The van der Waals surface area contributed by atoms with E-state index in [1.54, 1.807) is 0 Å². The standard InChI is InChI=1S/C17H13N3/c18-20-19-11-5-10-17-15-8-3-1-6-13(15)12-14-7-2-4-9-16(14)17/h1-10,12H,11H2. The third kappa shape index (κ3) is 2.22. The molecule has 0 spiro atoms. The Bertz CT molecular complexity index is 789. The molecule has 0 heterocycles. The van der Waals surface area contributed by atoms with Crippen LogP contribution in [-0.4, -0.2) is 6.54 Å². The first-order valence-corrected chi connectivity index (χ1v) is 6.48. The number of benzene rings is 3. The molecule has 0 saturated carbocycles. The first kappa shape index (κ1) is 12.3. The maximum atomic E-state index is 8.33. The van der Waals surface area contributed by atoms with Crippen LogP contribution in [0.2, 0.25) is 0 Å². The Hall–Kier alpha value is -2.77. The molecular formula is C17H13N3. The number of rotatable bonds is 3. The van der Waals surface area contributed by atoms with Gasteiger partial charge in [0, 0.05) is 11.5 Å². The van der Waals surface area contributed by atoms with Gasteiger partial charge in [0.15, 0.2) is 0 Å². The van der Waals surface area contributed by atoms with Crippen LogP contribution in [0.25, 0.3) is 38.1 Å². The molecule has 3 heteroatoms. The van der Waals surface area contributed by atoms with E-state index < -0.39 is 0 Å². The average Bonchev–Trinajstić information content (AvgIpc) is 2.50. The summed E-state index contributed by atoms with van der Waals surface area (Å²) < 4.78 is 0. The summed E-state index contributed by atoms with van der Waals surface area (Å²) in [7, 11) is 0. The molecule has 0 aromatic heterocycles. The van der Waals surface area contributed by atoms with Gasteiger partial charge in [0.05, 0.1) is 0 Å². The van der Waals surface area contributed by atoms with E-state index in [0.29, 0.717) is 6.54 Å². The van der Waals surface area contributed by atoms with Crippen molar-refractivity contribution < 1.29 is 0 Å². The predicted molar refractivity (Wildman–Crippen MR) is 84.5 cm³/mol. The van der Waals surface area contributed by atoms with E-state index in [2.05, 4.69) is 40.4 Å². The van der Waals surface area contributed by atoms with Crippen LogP contribution < -0.4 is 0 Å². The summed E-state index contributed by atoms with van der Waals surface area (Å²) in [4.78, 5) is 2.77. The molecule has 3 aromatic carbocycles. The molecule has 0 bridgehead atoms. The molecule has 0 unspecified atom stereocenters. The zero-order valence-corrected chi connectivity index (χ0v) is 10.9. The highest BCUT2D eigenvalue weighted by atomic mass is 15.1. The summed E-state index contributed by atoms with van der Waals surface area (Å²) in [5.41, 5.74) is 9.50. The first-order valence-electron chi connectivity index (χ1n) is 6.48. The second-order valence-electron chi connectivity index (χ2n) is 4.55. The van der Waals surface area contributed by atoms with Crippen molar-refractivity contribution >= 4 is 27.6 Å². The second kappa shape index (κ2) is 5.47. The van der Waals surface area contributed by atoms with Crippen LogP contribution in [0, 0.1) is 0 Å². The van der Waals surface area contributed by atoms with Crippen molar-refractivity contribution in [3.63, 3.8) is 0 Å². The highest BCUT2D eigenvalue weighted by Gasteiger charge is 2.03. The lowest BCUT2D eigenvalue weighted by molar-refractivity contribution is 1.22. The summed E-state index contributed by atoms with van der Waals surface area (Å²) in [5.74, 6) is 0. The summed E-state index contributed by atoms with van der Waals surface area (Å²) >= 11 is 0. The van der Waals surface area contributed by atoms with Crippen LogP contribution >= 0.6 is 0 Å². The molecule has 0 saturated heterocycles. The molecule has 0 atom stereocenters. The molecule has 0 amide bonds. The van der Waals surface area contributed by atoms with Crippen molar-refractivity contribution in [1.82, 2.24) is 0 Å². The Balaban J connectivity index is 2.27. The van der Waals surface area contributed by atoms with Gasteiger partial charge in [-0.3, -0.25) is 0 Å². The Morgan fingerprint density at radius 1 is 0.950 bits per heavy atom. The van der Waals surface area contributed by atoms with Crippen LogP contribution in [0.4, 0.5) is 0 Å². The van der Waals surface area contributed by atoms with Crippen LogP contribution in [0.15, 0.2) is 65.8 Å². The maximum absolute atomic E-state index is 8.33. The van der Waals surface area contributed by atoms with Gasteiger partial charge >= 0.3 is 0 Å². The minimum absolute atomic E-state index is 0.369. The summed E-state index contributed by atoms with van der Waals surface area (Å²) in [5, 5.41) is 8.40. The Morgan fingerprint density at radius 2 is 1.55 bits per heavy atom. The second-order valence-corrected chi connectivity index (χ2v) is 4.55. The highest BCUT2D eigenvalue weighted by molar-refractivity contribution is 6.06. The molecule has 0 aliphatic carbocycles. The van der Waals surface area contributed by atoms with Gasteiger partial charge in [0.1, 0.15) is 0 Å². The molecule has 96 valence electrons. The number of nitrogens with zero attached hydrogens (tertiary/aromatic N) is 3. The number of azide groups is 1. The van der Waals surface area contributed by atoms with Gasteiger partial charge in [0.2, 0.25) is 0 Å². The van der Waals surface area contributed by atoms with E-state index in [0.717, 1.165) is 0 Å². The SMILES string of the molecule is [N-]=[N+]=NCC=Cc1c2ccccc2cc2ccccc12. The minimum Gasteiger partial charge on any atom is -0.0899 e. The van der Waals surface area contributed by atoms with Gasteiger partial charge < -0.3 is 0 Å². The Morgan fingerprint density at radius 3 is 2.15 bits per heavy atom. The molecule has 0 N–H and O–H groups in total. The topological polar surface area (TPSA) is 48.8 Å². The molecule has 3 aromatic rings. The fourth-order valence-electron chi connectivity index (χ4n) is 2.48. The Labute approximate surface area is 116 Å². The quantitative estimate of drug-likeness (QED) is 0.264. The fraction of sp³-hybridized carbons (Fsp3) is 0.0588. The van der Waals surface area contributed by atoms with Crippen LogP contribution in [0.5, 0.6) is 0 Å². The van der Waals surface area contributed by atoms with E-state index in [-0.39, 0.29) is 0 Å². The van der Waals surface area contributed by atoms with E-state index in [9.17, 15) is 0 Å². The summed E-state index contributed by atoms with van der Waals surface area (Å²) in [6, 6.07) is 18.9. The van der Waals surface area contributed by atoms with Gasteiger partial charge in [-0.25, -0.2) is 0 Å². The largest absolute Gasteiger partial charge is 0.0899 e. The van der Waals surface area contributed by atoms with Crippen molar-refractivity contribution in [3.8, 4) is 0 Å². The van der Waals surface area contributed by atoms with Crippen molar-refractivity contribution in [2.24, 2.45) is 5.11 Å². The van der Waals surface area contributed by atoms with Crippen molar-refractivity contribution in [2.45, 2.75) is 0 Å². The molecule has 3 rings (SSSR count). The molecular weight excluding hydrogens is 246 g/mol. The lowest BCUT2D eigenvalue weighted by Crippen LogP contribution is -1.83. The molecule has 0 radical (unpaired) electrons. The Kier molecular flexibility index (Phi) is 3.36. The number of fused-ring (bicyclic) bond motifs is 2. The monoisotopic (exact) mass is 259 g/mol. The zero-order chi connectivity index (χ0) is 13.8. The lowest BCUT2D eigenvalue weighted by atomic mass is 9.96. The van der Waals surface area contributed by atoms with Gasteiger partial charge in [0.25, 0.3) is 0 Å². The van der Waals surface area contributed by atoms with E-state index in [1.807, 2.05) is 36.4 Å². The van der Waals surface area contributed by atoms with E-state index >= 15 is 0 Å². The molecule has 3 nitrogen and oxygen atoms in total. The van der Waals surface area contributed by atoms with Gasteiger partial charge in [-0.15, -0.1) is 0 Å². The molecule has 20 heavy (non-hydrogen) atoms. The van der Waals surface area contributed by atoms with Gasteiger partial charge in [-0.05, 0) is 38.7 Å². The fourth-order valence-corrected chi connectivity index (χ4v) is 2.48. The van der Waals surface area contributed by atoms with E-state index in [1.165, 1.54) is 27.1 Å². The average molecular weight is 259 g/mol. The van der Waals surface area contributed by atoms with Crippen molar-refractivity contribution in [2.75, 3.05) is 6.54 Å². The third-order valence-corrected chi connectivity index (χ3v) is 3.35. The normalized spacial score (nSPS) is 11.0. The van der Waals surface area contributed by atoms with Crippen LogP contribution in [0.1, 0.15) is 5.56 Å². The minimum atomic E-state index is 0.369. The molecule has 0 aliphatic heterocycles. The number of hydrogen-bond donors (Lipinski definition) is 0. The lowest BCUT2D eigenvalue weighted by Gasteiger charge is -2.08.